The average molecular weight is 184 g/mol. The number of rotatable bonds is 0. The topological polar surface area (TPSA) is 37.5 Å². The molecule has 0 bridgehead atoms. The monoisotopic (exact) mass is 184 g/mol. The van der Waals surface area contributed by atoms with Gasteiger partial charge in [0.25, 0.3) is 0 Å². The number of terminal acetylenes is 1. The van der Waals surface area contributed by atoms with Crippen molar-refractivity contribution in [2.24, 2.45) is 0 Å². The maximum atomic E-state index is 5.30. The van der Waals surface area contributed by atoms with Crippen LogP contribution in [0.2, 0.25) is 0 Å². The van der Waals surface area contributed by atoms with Crippen LogP contribution in [0.25, 0.3) is 6.08 Å². The maximum absolute atomic E-state index is 5.30. The molecule has 1 aromatic rings. The van der Waals surface area contributed by atoms with Crippen LogP contribution in [0.1, 0.15) is 11.1 Å². The van der Waals surface area contributed by atoms with Crippen molar-refractivity contribution in [1.29, 1.82) is 0 Å². The fraction of sp³-hybridized carbons (Fsp3) is 0.182. The van der Waals surface area contributed by atoms with E-state index in [1.54, 1.807) is 6.20 Å². The molecule has 0 spiro atoms. The number of ether oxygens (including phenoxy) is 1. The third kappa shape index (κ3) is 1.09. The first-order valence-electron chi connectivity index (χ1n) is 4.44. The summed E-state index contributed by atoms with van der Waals surface area (Å²) in [5.41, 5.74) is 1.82. The van der Waals surface area contributed by atoms with E-state index in [-0.39, 0.29) is 12.3 Å². The molecule has 14 heavy (non-hydrogen) atoms. The molecule has 2 unspecified atom stereocenters. The molecule has 1 fully saturated rings. The van der Waals surface area contributed by atoms with Crippen molar-refractivity contribution in [2.75, 3.05) is 5.32 Å². The molecule has 0 radical (unpaired) electrons. The number of pyridine rings is 1. The molecular formula is C11H8N2O. The maximum Gasteiger partial charge on any atom is 0.160 e. The van der Waals surface area contributed by atoms with Gasteiger partial charge in [0, 0.05) is 17.3 Å². The molecule has 3 rings (SSSR count). The molecule has 3 heterocycles. The number of epoxide rings is 1. The Morgan fingerprint density at radius 3 is 3.36 bits per heavy atom. The summed E-state index contributed by atoms with van der Waals surface area (Å²) in [6.45, 7) is 0. The smallest absolute Gasteiger partial charge is 0.160 e. The standard InChI is InChI=1S/C11H8N2O/c1-2-7-5-8-3-4-9-11(14-9)13-10(8)12-6-7/h1,3-6,9,11H,(H,12,13). The van der Waals surface area contributed by atoms with E-state index >= 15 is 0 Å². The molecule has 3 nitrogen and oxygen atoms in total. The van der Waals surface area contributed by atoms with Crippen LogP contribution in [0.5, 0.6) is 0 Å². The fourth-order valence-electron chi connectivity index (χ4n) is 1.53. The molecule has 2 aliphatic heterocycles. The Kier molecular flexibility index (Phi) is 1.41. The van der Waals surface area contributed by atoms with Gasteiger partial charge in [-0.25, -0.2) is 4.98 Å². The zero-order valence-electron chi connectivity index (χ0n) is 7.40. The van der Waals surface area contributed by atoms with Crippen LogP contribution >= 0.6 is 0 Å². The van der Waals surface area contributed by atoms with E-state index in [2.05, 4.69) is 16.2 Å². The summed E-state index contributed by atoms with van der Waals surface area (Å²) < 4.78 is 5.29. The Labute approximate surface area is 81.8 Å². The second-order valence-corrected chi connectivity index (χ2v) is 3.33. The van der Waals surface area contributed by atoms with E-state index in [0.717, 1.165) is 16.9 Å². The van der Waals surface area contributed by atoms with E-state index in [4.69, 9.17) is 11.2 Å². The average Bonchev–Trinajstić information content (AvgIpc) is 2.94. The second kappa shape index (κ2) is 2.60. The molecule has 68 valence electrons. The summed E-state index contributed by atoms with van der Waals surface area (Å²) >= 11 is 0. The molecule has 0 amide bonds. The number of nitrogens with one attached hydrogen (secondary N) is 1. The summed E-state index contributed by atoms with van der Waals surface area (Å²) in [6.07, 6.45) is 11.3. The molecule has 1 saturated heterocycles. The number of aromatic nitrogens is 1. The number of hydrogen-bond donors (Lipinski definition) is 1. The van der Waals surface area contributed by atoms with Gasteiger partial charge < -0.3 is 10.1 Å². The lowest BCUT2D eigenvalue weighted by atomic mass is 10.2. The Morgan fingerprint density at radius 2 is 2.50 bits per heavy atom. The van der Waals surface area contributed by atoms with Crippen molar-refractivity contribution < 1.29 is 4.74 Å². The third-order valence-corrected chi connectivity index (χ3v) is 2.35. The highest BCUT2D eigenvalue weighted by molar-refractivity contribution is 5.67. The van der Waals surface area contributed by atoms with Crippen LogP contribution < -0.4 is 5.32 Å². The Bertz CT molecular complexity index is 459. The van der Waals surface area contributed by atoms with Crippen molar-refractivity contribution in [2.45, 2.75) is 12.3 Å². The van der Waals surface area contributed by atoms with Gasteiger partial charge in [-0.15, -0.1) is 6.42 Å². The Morgan fingerprint density at radius 1 is 1.57 bits per heavy atom. The van der Waals surface area contributed by atoms with Gasteiger partial charge in [-0.05, 0) is 6.07 Å². The highest BCUT2D eigenvalue weighted by atomic mass is 16.6. The lowest BCUT2D eigenvalue weighted by molar-refractivity contribution is 0.403. The Balaban J connectivity index is 2.08. The van der Waals surface area contributed by atoms with Gasteiger partial charge >= 0.3 is 0 Å². The molecule has 0 aromatic carbocycles. The van der Waals surface area contributed by atoms with E-state index in [0.29, 0.717) is 0 Å². The first-order chi connectivity index (χ1) is 6.86. The van der Waals surface area contributed by atoms with Crippen molar-refractivity contribution in [3.05, 3.63) is 29.5 Å². The van der Waals surface area contributed by atoms with Crippen LogP contribution in [0.3, 0.4) is 0 Å². The molecular weight excluding hydrogens is 176 g/mol. The number of nitrogens with zero attached hydrogens (tertiary/aromatic N) is 1. The van der Waals surface area contributed by atoms with Crippen molar-refractivity contribution in [3.8, 4) is 12.3 Å². The predicted molar refractivity (Wildman–Crippen MR) is 53.5 cm³/mol. The van der Waals surface area contributed by atoms with Gasteiger partial charge in [0.15, 0.2) is 6.23 Å². The van der Waals surface area contributed by atoms with Crippen LogP contribution in [0.15, 0.2) is 18.3 Å². The van der Waals surface area contributed by atoms with E-state index in [9.17, 15) is 0 Å². The van der Waals surface area contributed by atoms with E-state index in [1.807, 2.05) is 18.2 Å². The highest BCUT2D eigenvalue weighted by Crippen LogP contribution is 2.31. The van der Waals surface area contributed by atoms with Crippen LogP contribution in [-0.2, 0) is 4.74 Å². The molecule has 1 aromatic heterocycles. The van der Waals surface area contributed by atoms with Gasteiger partial charge in [-0.1, -0.05) is 18.1 Å². The molecule has 3 heteroatoms. The van der Waals surface area contributed by atoms with Gasteiger partial charge in [-0.2, -0.15) is 0 Å². The summed E-state index contributed by atoms with van der Waals surface area (Å²) in [5, 5.41) is 3.18. The summed E-state index contributed by atoms with van der Waals surface area (Å²) in [6, 6.07) is 1.94. The molecule has 2 aliphatic rings. The summed E-state index contributed by atoms with van der Waals surface area (Å²) in [5.74, 6) is 3.40. The lowest BCUT2D eigenvalue weighted by Gasteiger charge is -2.04. The van der Waals surface area contributed by atoms with E-state index < -0.39 is 0 Å². The lowest BCUT2D eigenvalue weighted by Crippen LogP contribution is -2.07. The van der Waals surface area contributed by atoms with Gasteiger partial charge in [0.05, 0.1) is 0 Å². The molecule has 1 N–H and O–H groups in total. The minimum Gasteiger partial charge on any atom is -0.343 e. The van der Waals surface area contributed by atoms with Crippen LogP contribution in [0.4, 0.5) is 5.82 Å². The predicted octanol–water partition coefficient (Wildman–Crippen LogP) is 1.23. The second-order valence-electron chi connectivity index (χ2n) is 3.33. The Hall–Kier alpha value is -1.79. The minimum absolute atomic E-state index is 0.0942. The molecule has 0 aliphatic carbocycles. The highest BCUT2D eigenvalue weighted by Gasteiger charge is 2.38. The van der Waals surface area contributed by atoms with Gasteiger partial charge in [0.1, 0.15) is 11.9 Å². The van der Waals surface area contributed by atoms with Crippen LogP contribution in [0, 0.1) is 12.3 Å². The van der Waals surface area contributed by atoms with Crippen molar-refractivity contribution in [3.63, 3.8) is 0 Å². The van der Waals surface area contributed by atoms with Gasteiger partial charge in [-0.3, -0.25) is 0 Å². The quantitative estimate of drug-likeness (QED) is 0.486. The van der Waals surface area contributed by atoms with E-state index in [1.165, 1.54) is 0 Å². The first kappa shape index (κ1) is 7.60. The summed E-state index contributed by atoms with van der Waals surface area (Å²) in [7, 11) is 0. The zero-order valence-corrected chi connectivity index (χ0v) is 7.40. The van der Waals surface area contributed by atoms with Gasteiger partial charge in [0.2, 0.25) is 0 Å². The normalized spacial score (nSPS) is 26.5. The summed E-state index contributed by atoms with van der Waals surface area (Å²) in [4.78, 5) is 4.24. The number of hydrogen-bond acceptors (Lipinski definition) is 3. The molecule has 2 atom stereocenters. The SMILES string of the molecule is C#Cc1cnc2c(c1)C=CC1OC1N2. The first-order valence-corrected chi connectivity index (χ1v) is 4.44. The molecule has 0 saturated carbocycles. The zero-order chi connectivity index (χ0) is 9.54. The van der Waals surface area contributed by atoms with Crippen molar-refractivity contribution >= 4 is 11.9 Å². The third-order valence-electron chi connectivity index (χ3n) is 2.35. The van der Waals surface area contributed by atoms with Crippen molar-refractivity contribution in [1.82, 2.24) is 4.98 Å². The van der Waals surface area contributed by atoms with Crippen LogP contribution in [-0.4, -0.2) is 17.3 Å². The number of fused-ring (bicyclic) bond motifs is 2. The fourth-order valence-corrected chi connectivity index (χ4v) is 1.53. The number of anilines is 1. The minimum atomic E-state index is 0.0942. The largest absolute Gasteiger partial charge is 0.343 e.